The minimum atomic E-state index is 0.243. The van der Waals surface area contributed by atoms with Crippen molar-refractivity contribution in [2.45, 2.75) is 58.3 Å². The van der Waals surface area contributed by atoms with E-state index < -0.39 is 0 Å². The first kappa shape index (κ1) is 17.6. The highest BCUT2D eigenvalue weighted by molar-refractivity contribution is 5.76. The first-order valence-electron chi connectivity index (χ1n) is 9.19. The normalized spacial score (nSPS) is 15.8. The van der Waals surface area contributed by atoms with Crippen LogP contribution in [0.3, 0.4) is 0 Å². The number of carbonyl (C=O) groups excluding carboxylic acids is 1. The maximum absolute atomic E-state index is 12.4. The predicted molar refractivity (Wildman–Crippen MR) is 96.4 cm³/mol. The van der Waals surface area contributed by atoms with Crippen molar-refractivity contribution in [2.24, 2.45) is 0 Å². The number of hydrogen-bond acceptors (Lipinski definition) is 4. The van der Waals surface area contributed by atoms with Gasteiger partial charge in [-0.2, -0.15) is 4.98 Å². The van der Waals surface area contributed by atoms with Crippen molar-refractivity contribution in [3.63, 3.8) is 0 Å². The van der Waals surface area contributed by atoms with E-state index in [1.165, 1.54) is 11.1 Å². The molecule has 25 heavy (non-hydrogen) atoms. The molecule has 1 aliphatic rings. The van der Waals surface area contributed by atoms with E-state index in [0.29, 0.717) is 6.42 Å². The molecular weight excluding hydrogens is 314 g/mol. The zero-order chi connectivity index (χ0) is 17.8. The Labute approximate surface area is 149 Å². The third kappa shape index (κ3) is 4.47. The predicted octanol–water partition coefficient (Wildman–Crippen LogP) is 3.84. The maximum atomic E-state index is 12.4. The molecule has 0 saturated carbocycles. The molecular formula is C20H27N3O2. The molecule has 0 aliphatic carbocycles. The summed E-state index contributed by atoms with van der Waals surface area (Å²) in [5.74, 6) is 2.30. The van der Waals surface area contributed by atoms with E-state index in [1.807, 2.05) is 4.90 Å². The number of rotatable bonds is 5. The molecule has 0 N–H and O–H groups in total. The standard InChI is InChI=1S/C20H27N3O2/c1-14(2)19-21-20(25-22-19)17-10-12-23(13-11-17)18(24)9-8-16-6-4-15(3)5-7-16/h4-7,14,17H,8-13H2,1-3H3. The van der Waals surface area contributed by atoms with E-state index in [-0.39, 0.29) is 17.7 Å². The van der Waals surface area contributed by atoms with E-state index in [9.17, 15) is 4.79 Å². The summed E-state index contributed by atoms with van der Waals surface area (Å²) in [6.45, 7) is 7.74. The van der Waals surface area contributed by atoms with Gasteiger partial charge in [0.25, 0.3) is 0 Å². The molecule has 1 aliphatic heterocycles. The number of benzene rings is 1. The Kier molecular flexibility index (Phi) is 5.51. The first-order chi connectivity index (χ1) is 12.0. The van der Waals surface area contributed by atoms with Crippen LogP contribution in [0.1, 0.15) is 67.8 Å². The highest BCUT2D eigenvalue weighted by Gasteiger charge is 2.27. The van der Waals surface area contributed by atoms with E-state index in [0.717, 1.165) is 44.1 Å². The summed E-state index contributed by atoms with van der Waals surface area (Å²) in [4.78, 5) is 18.9. The van der Waals surface area contributed by atoms with Crippen LogP contribution in [0.2, 0.25) is 0 Å². The van der Waals surface area contributed by atoms with Crippen LogP contribution in [0.4, 0.5) is 0 Å². The van der Waals surface area contributed by atoms with Crippen LogP contribution in [-0.2, 0) is 11.2 Å². The van der Waals surface area contributed by atoms with E-state index >= 15 is 0 Å². The van der Waals surface area contributed by atoms with Crippen molar-refractivity contribution in [3.8, 4) is 0 Å². The summed E-state index contributed by atoms with van der Waals surface area (Å²) in [5.41, 5.74) is 2.47. The lowest BCUT2D eigenvalue weighted by atomic mass is 9.96. The lowest BCUT2D eigenvalue weighted by Gasteiger charge is -2.30. The van der Waals surface area contributed by atoms with Gasteiger partial charge in [-0.3, -0.25) is 4.79 Å². The maximum Gasteiger partial charge on any atom is 0.229 e. The van der Waals surface area contributed by atoms with Gasteiger partial charge in [0.2, 0.25) is 11.8 Å². The largest absolute Gasteiger partial charge is 0.343 e. The molecule has 5 heteroatoms. The first-order valence-corrected chi connectivity index (χ1v) is 9.19. The number of hydrogen-bond donors (Lipinski definition) is 0. The van der Waals surface area contributed by atoms with Crippen molar-refractivity contribution >= 4 is 5.91 Å². The third-order valence-electron chi connectivity index (χ3n) is 4.92. The number of aromatic nitrogens is 2. The number of amides is 1. The van der Waals surface area contributed by atoms with Gasteiger partial charge in [0, 0.05) is 31.3 Å². The fourth-order valence-corrected chi connectivity index (χ4v) is 3.19. The fraction of sp³-hybridized carbons (Fsp3) is 0.550. The van der Waals surface area contributed by atoms with E-state index in [1.54, 1.807) is 0 Å². The summed E-state index contributed by atoms with van der Waals surface area (Å²) >= 11 is 0. The van der Waals surface area contributed by atoms with Crippen LogP contribution < -0.4 is 0 Å². The highest BCUT2D eigenvalue weighted by atomic mass is 16.5. The van der Waals surface area contributed by atoms with E-state index in [2.05, 4.69) is 55.2 Å². The smallest absolute Gasteiger partial charge is 0.229 e. The number of piperidine rings is 1. The molecule has 0 atom stereocenters. The van der Waals surface area contributed by atoms with Gasteiger partial charge in [-0.05, 0) is 31.7 Å². The number of nitrogens with zero attached hydrogens (tertiary/aromatic N) is 3. The Morgan fingerprint density at radius 2 is 1.92 bits per heavy atom. The van der Waals surface area contributed by atoms with Crippen LogP contribution in [0.15, 0.2) is 28.8 Å². The SMILES string of the molecule is Cc1ccc(CCC(=O)N2CCC(c3nc(C(C)C)no3)CC2)cc1. The topological polar surface area (TPSA) is 59.2 Å². The third-order valence-corrected chi connectivity index (χ3v) is 4.92. The lowest BCUT2D eigenvalue weighted by molar-refractivity contribution is -0.132. The number of carbonyl (C=O) groups is 1. The zero-order valence-corrected chi connectivity index (χ0v) is 15.4. The molecule has 3 rings (SSSR count). The lowest BCUT2D eigenvalue weighted by Crippen LogP contribution is -2.38. The monoisotopic (exact) mass is 341 g/mol. The van der Waals surface area contributed by atoms with Crippen LogP contribution >= 0.6 is 0 Å². The van der Waals surface area contributed by atoms with E-state index in [4.69, 9.17) is 4.52 Å². The molecule has 1 aromatic carbocycles. The molecule has 1 amide bonds. The molecule has 134 valence electrons. The molecule has 1 fully saturated rings. The Balaban J connectivity index is 1.47. The Morgan fingerprint density at radius 1 is 1.24 bits per heavy atom. The van der Waals surface area contributed by atoms with Gasteiger partial charge >= 0.3 is 0 Å². The molecule has 1 saturated heterocycles. The van der Waals surface area contributed by atoms with Crippen LogP contribution in [0, 0.1) is 6.92 Å². The number of aryl methyl sites for hydroxylation is 2. The second-order valence-corrected chi connectivity index (χ2v) is 7.29. The fourth-order valence-electron chi connectivity index (χ4n) is 3.19. The van der Waals surface area contributed by atoms with Crippen molar-refractivity contribution < 1.29 is 9.32 Å². The summed E-state index contributed by atoms with van der Waals surface area (Å²) in [6.07, 6.45) is 3.18. The van der Waals surface area contributed by atoms with Gasteiger partial charge in [-0.1, -0.05) is 48.8 Å². The molecule has 1 aromatic heterocycles. The van der Waals surface area contributed by atoms with Crippen molar-refractivity contribution in [1.82, 2.24) is 15.0 Å². The van der Waals surface area contributed by atoms with Crippen LogP contribution in [0.5, 0.6) is 0 Å². The second-order valence-electron chi connectivity index (χ2n) is 7.29. The van der Waals surface area contributed by atoms with Gasteiger partial charge in [0.1, 0.15) is 0 Å². The summed E-state index contributed by atoms with van der Waals surface area (Å²) < 4.78 is 5.41. The summed E-state index contributed by atoms with van der Waals surface area (Å²) in [7, 11) is 0. The zero-order valence-electron chi connectivity index (χ0n) is 15.4. The summed E-state index contributed by atoms with van der Waals surface area (Å²) in [6, 6.07) is 8.41. The average Bonchev–Trinajstić information content (AvgIpc) is 3.11. The van der Waals surface area contributed by atoms with Gasteiger partial charge in [-0.15, -0.1) is 0 Å². The molecule has 5 nitrogen and oxygen atoms in total. The molecule has 0 radical (unpaired) electrons. The molecule has 2 heterocycles. The minimum absolute atomic E-state index is 0.243. The highest BCUT2D eigenvalue weighted by Crippen LogP contribution is 2.28. The summed E-state index contributed by atoms with van der Waals surface area (Å²) in [5, 5.41) is 4.05. The minimum Gasteiger partial charge on any atom is -0.343 e. The van der Waals surface area contributed by atoms with Crippen LogP contribution in [-0.4, -0.2) is 34.0 Å². The van der Waals surface area contributed by atoms with Gasteiger partial charge in [0.05, 0.1) is 0 Å². The van der Waals surface area contributed by atoms with Gasteiger partial charge in [0.15, 0.2) is 5.82 Å². The van der Waals surface area contributed by atoms with Gasteiger partial charge in [-0.25, -0.2) is 0 Å². The van der Waals surface area contributed by atoms with Crippen molar-refractivity contribution in [1.29, 1.82) is 0 Å². The molecule has 0 unspecified atom stereocenters. The molecule has 2 aromatic rings. The Hall–Kier alpha value is -2.17. The van der Waals surface area contributed by atoms with Crippen molar-refractivity contribution in [3.05, 3.63) is 47.1 Å². The molecule has 0 bridgehead atoms. The Morgan fingerprint density at radius 3 is 2.52 bits per heavy atom. The van der Waals surface area contributed by atoms with Crippen molar-refractivity contribution in [2.75, 3.05) is 13.1 Å². The Bertz CT molecular complexity index is 698. The number of likely N-dealkylation sites (tertiary alicyclic amines) is 1. The second kappa shape index (κ2) is 7.81. The quantitative estimate of drug-likeness (QED) is 0.829. The van der Waals surface area contributed by atoms with Gasteiger partial charge < -0.3 is 9.42 Å². The average molecular weight is 341 g/mol. The molecule has 0 spiro atoms. The van der Waals surface area contributed by atoms with Crippen LogP contribution in [0.25, 0.3) is 0 Å².